The number of carbonyl (C=O) groups is 1. The molecule has 1 fully saturated rings. The Hall–Kier alpha value is -0.870. The van der Waals surface area contributed by atoms with Crippen LogP contribution in [0.2, 0.25) is 0 Å². The van der Waals surface area contributed by atoms with E-state index in [0.717, 1.165) is 12.8 Å². The third-order valence-corrected chi connectivity index (χ3v) is 2.66. The Labute approximate surface area is 96.8 Å². The molecule has 3 unspecified atom stereocenters. The molecule has 16 heavy (non-hydrogen) atoms. The summed E-state index contributed by atoms with van der Waals surface area (Å²) in [5, 5.41) is 0. The molecule has 4 heteroatoms. The predicted molar refractivity (Wildman–Crippen MR) is 61.9 cm³/mol. The van der Waals surface area contributed by atoms with E-state index < -0.39 is 6.04 Å². The predicted octanol–water partition coefficient (Wildman–Crippen LogP) is 1.39. The molecule has 2 N–H and O–H groups in total. The Morgan fingerprint density at radius 3 is 2.62 bits per heavy atom. The molecule has 0 aliphatic carbocycles. The number of hydrogen-bond acceptors (Lipinski definition) is 4. The van der Waals surface area contributed by atoms with E-state index in [1.54, 1.807) is 6.08 Å². The average molecular weight is 227 g/mol. The molecular weight excluding hydrogens is 206 g/mol. The first-order valence-corrected chi connectivity index (χ1v) is 5.75. The highest BCUT2D eigenvalue weighted by molar-refractivity contribution is 5.75. The maximum Gasteiger partial charge on any atom is 0.323 e. The molecule has 1 aliphatic rings. The molecule has 0 spiro atoms. The van der Waals surface area contributed by atoms with Crippen molar-refractivity contribution in [2.45, 2.75) is 57.5 Å². The zero-order chi connectivity index (χ0) is 12.1. The number of esters is 1. The van der Waals surface area contributed by atoms with Crippen LogP contribution < -0.4 is 5.73 Å². The fourth-order valence-corrected chi connectivity index (χ4v) is 1.97. The van der Waals surface area contributed by atoms with Crippen molar-refractivity contribution in [2.75, 3.05) is 0 Å². The first kappa shape index (κ1) is 13.2. The van der Waals surface area contributed by atoms with E-state index in [-0.39, 0.29) is 24.3 Å². The van der Waals surface area contributed by atoms with Gasteiger partial charge < -0.3 is 15.2 Å². The minimum atomic E-state index is -0.592. The summed E-state index contributed by atoms with van der Waals surface area (Å²) in [6, 6.07) is -0.592. The molecule has 0 aromatic carbocycles. The molecule has 0 aromatic heterocycles. The minimum Gasteiger partial charge on any atom is -0.461 e. The van der Waals surface area contributed by atoms with Crippen LogP contribution in [0.25, 0.3) is 0 Å². The van der Waals surface area contributed by atoms with E-state index in [4.69, 9.17) is 15.2 Å². The Kier molecular flexibility index (Phi) is 4.96. The van der Waals surface area contributed by atoms with Crippen LogP contribution in [0.15, 0.2) is 12.7 Å². The molecule has 1 saturated heterocycles. The van der Waals surface area contributed by atoms with Crippen LogP contribution in [0.1, 0.15) is 33.1 Å². The summed E-state index contributed by atoms with van der Waals surface area (Å²) in [6.45, 7) is 7.52. The van der Waals surface area contributed by atoms with E-state index in [2.05, 4.69) is 6.58 Å². The molecule has 1 aliphatic heterocycles. The number of rotatable bonds is 4. The summed E-state index contributed by atoms with van der Waals surface area (Å²) in [6.07, 6.45) is 3.78. The molecule has 0 bridgehead atoms. The second-order valence-electron chi connectivity index (χ2n) is 4.42. The highest BCUT2D eigenvalue weighted by Gasteiger charge is 2.28. The van der Waals surface area contributed by atoms with Crippen molar-refractivity contribution >= 4 is 5.97 Å². The van der Waals surface area contributed by atoms with Gasteiger partial charge in [0.15, 0.2) is 0 Å². The second kappa shape index (κ2) is 6.01. The van der Waals surface area contributed by atoms with Crippen molar-refractivity contribution in [3.63, 3.8) is 0 Å². The third-order valence-electron chi connectivity index (χ3n) is 2.66. The molecule has 3 atom stereocenters. The zero-order valence-corrected chi connectivity index (χ0v) is 10.0. The highest BCUT2D eigenvalue weighted by atomic mass is 16.6. The largest absolute Gasteiger partial charge is 0.461 e. The Morgan fingerprint density at radius 2 is 2.12 bits per heavy atom. The van der Waals surface area contributed by atoms with Crippen molar-refractivity contribution in [3.8, 4) is 0 Å². The van der Waals surface area contributed by atoms with Gasteiger partial charge in [0.1, 0.15) is 12.1 Å². The van der Waals surface area contributed by atoms with Gasteiger partial charge in [-0.25, -0.2) is 0 Å². The van der Waals surface area contributed by atoms with Crippen molar-refractivity contribution in [3.05, 3.63) is 12.7 Å². The van der Waals surface area contributed by atoms with Crippen LogP contribution in [-0.2, 0) is 14.3 Å². The zero-order valence-electron chi connectivity index (χ0n) is 10.0. The quantitative estimate of drug-likeness (QED) is 0.582. The molecule has 0 aromatic rings. The molecule has 0 amide bonds. The lowest BCUT2D eigenvalue weighted by Gasteiger charge is -2.32. The van der Waals surface area contributed by atoms with Gasteiger partial charge in [0.05, 0.1) is 12.2 Å². The smallest absolute Gasteiger partial charge is 0.323 e. The number of hydrogen-bond donors (Lipinski definition) is 1. The fraction of sp³-hybridized carbons (Fsp3) is 0.750. The number of ether oxygens (including phenoxy) is 2. The maximum absolute atomic E-state index is 11.6. The monoisotopic (exact) mass is 227 g/mol. The molecular formula is C12H21NO3. The van der Waals surface area contributed by atoms with Crippen LogP contribution >= 0.6 is 0 Å². The van der Waals surface area contributed by atoms with E-state index in [1.807, 2.05) is 13.8 Å². The van der Waals surface area contributed by atoms with Gasteiger partial charge in [-0.05, 0) is 20.3 Å². The van der Waals surface area contributed by atoms with Gasteiger partial charge in [-0.3, -0.25) is 4.79 Å². The van der Waals surface area contributed by atoms with Crippen LogP contribution in [0.5, 0.6) is 0 Å². The Bertz CT molecular complexity index is 245. The van der Waals surface area contributed by atoms with Gasteiger partial charge in [0, 0.05) is 12.8 Å². The first-order valence-electron chi connectivity index (χ1n) is 5.75. The molecule has 1 heterocycles. The maximum atomic E-state index is 11.6. The second-order valence-corrected chi connectivity index (χ2v) is 4.42. The summed E-state index contributed by atoms with van der Waals surface area (Å²) in [7, 11) is 0. The minimum absolute atomic E-state index is 0.0675. The van der Waals surface area contributed by atoms with E-state index in [9.17, 15) is 4.79 Å². The molecule has 0 radical (unpaired) electrons. The third kappa shape index (κ3) is 3.94. The fourth-order valence-electron chi connectivity index (χ4n) is 1.97. The van der Waals surface area contributed by atoms with E-state index in [1.165, 1.54) is 0 Å². The van der Waals surface area contributed by atoms with Crippen LogP contribution in [0.3, 0.4) is 0 Å². The summed E-state index contributed by atoms with van der Waals surface area (Å²) >= 11 is 0. The van der Waals surface area contributed by atoms with Crippen molar-refractivity contribution in [2.24, 2.45) is 5.73 Å². The lowest BCUT2D eigenvalue weighted by molar-refractivity contribution is -0.161. The van der Waals surface area contributed by atoms with Crippen molar-refractivity contribution < 1.29 is 14.3 Å². The van der Waals surface area contributed by atoms with Gasteiger partial charge in [0.2, 0.25) is 0 Å². The number of carbonyl (C=O) groups excluding carboxylic acids is 1. The van der Waals surface area contributed by atoms with E-state index in [0.29, 0.717) is 6.42 Å². The summed E-state index contributed by atoms with van der Waals surface area (Å²) in [4.78, 5) is 11.6. The van der Waals surface area contributed by atoms with Gasteiger partial charge in [-0.15, -0.1) is 6.58 Å². The SMILES string of the molecule is C=CCC(N)C(=O)OC1CC(C)OC(C)C1. The van der Waals surface area contributed by atoms with E-state index >= 15 is 0 Å². The van der Waals surface area contributed by atoms with Crippen LogP contribution in [-0.4, -0.2) is 30.3 Å². The Morgan fingerprint density at radius 1 is 1.56 bits per heavy atom. The molecule has 1 rings (SSSR count). The lowest BCUT2D eigenvalue weighted by Crippen LogP contribution is -2.39. The molecule has 0 saturated carbocycles. The average Bonchev–Trinajstić information content (AvgIpc) is 2.16. The Balaban J connectivity index is 2.41. The molecule has 4 nitrogen and oxygen atoms in total. The lowest BCUT2D eigenvalue weighted by atomic mass is 10.0. The normalized spacial score (nSPS) is 31.8. The summed E-state index contributed by atoms with van der Waals surface area (Å²) < 4.78 is 10.9. The summed E-state index contributed by atoms with van der Waals surface area (Å²) in [5.74, 6) is -0.341. The van der Waals surface area contributed by atoms with Gasteiger partial charge in [-0.1, -0.05) is 6.08 Å². The number of nitrogens with two attached hydrogens (primary N) is 1. The summed E-state index contributed by atoms with van der Waals surface area (Å²) in [5.41, 5.74) is 5.64. The van der Waals surface area contributed by atoms with Gasteiger partial charge >= 0.3 is 5.97 Å². The molecule has 92 valence electrons. The first-order chi connectivity index (χ1) is 7.52. The van der Waals surface area contributed by atoms with Gasteiger partial charge in [0.25, 0.3) is 0 Å². The topological polar surface area (TPSA) is 61.6 Å². The van der Waals surface area contributed by atoms with Crippen molar-refractivity contribution in [1.29, 1.82) is 0 Å². The van der Waals surface area contributed by atoms with Crippen molar-refractivity contribution in [1.82, 2.24) is 0 Å². The standard InChI is InChI=1S/C12H21NO3/c1-4-5-11(13)12(14)16-10-6-8(2)15-9(3)7-10/h4,8-11H,1,5-7,13H2,2-3H3. The van der Waals surface area contributed by atoms with Crippen LogP contribution in [0, 0.1) is 0 Å². The highest BCUT2D eigenvalue weighted by Crippen LogP contribution is 2.21. The van der Waals surface area contributed by atoms with Crippen LogP contribution in [0.4, 0.5) is 0 Å². The van der Waals surface area contributed by atoms with Gasteiger partial charge in [-0.2, -0.15) is 0 Å².